The van der Waals surface area contributed by atoms with Crippen LogP contribution in [0.25, 0.3) is 0 Å². The molecule has 1 aromatic carbocycles. The molecule has 4 rings (SSSR count). The van der Waals surface area contributed by atoms with Gasteiger partial charge in [0.25, 0.3) is 0 Å². The van der Waals surface area contributed by atoms with Crippen LogP contribution in [0.5, 0.6) is 11.6 Å². The average molecular weight is 380 g/mol. The van der Waals surface area contributed by atoms with E-state index in [1.54, 1.807) is 20.4 Å². The summed E-state index contributed by atoms with van der Waals surface area (Å²) in [6.07, 6.45) is 7.42. The van der Waals surface area contributed by atoms with Gasteiger partial charge in [-0.25, -0.2) is 4.98 Å². The number of hydrogen-bond donors (Lipinski definition) is 2. The van der Waals surface area contributed by atoms with Crippen LogP contribution in [0.2, 0.25) is 0 Å². The number of aromatic nitrogens is 1. The smallest absolute Gasteiger partial charge is 0.218 e. The number of rotatable bonds is 4. The molecule has 0 saturated heterocycles. The largest absolute Gasteiger partial charge is 0.487 e. The summed E-state index contributed by atoms with van der Waals surface area (Å²) >= 11 is 0. The normalized spacial score (nSPS) is 20.4. The zero-order chi connectivity index (χ0) is 19.4. The molecule has 1 saturated carbocycles. The van der Waals surface area contributed by atoms with Gasteiger partial charge in [-0.3, -0.25) is 4.99 Å². The number of methoxy groups -OCH3 is 1. The number of pyridine rings is 1. The van der Waals surface area contributed by atoms with Gasteiger partial charge in [0, 0.05) is 37.3 Å². The van der Waals surface area contributed by atoms with Gasteiger partial charge in [0.15, 0.2) is 5.96 Å². The molecule has 2 aromatic rings. The summed E-state index contributed by atoms with van der Waals surface area (Å²) in [6, 6.07) is 12.4. The highest BCUT2D eigenvalue weighted by atomic mass is 16.5. The van der Waals surface area contributed by atoms with Gasteiger partial charge in [-0.1, -0.05) is 24.3 Å². The number of nitrogens with one attached hydrogen (secondary N) is 2. The van der Waals surface area contributed by atoms with Crippen LogP contribution in [-0.4, -0.2) is 30.7 Å². The van der Waals surface area contributed by atoms with Crippen molar-refractivity contribution >= 4 is 5.96 Å². The van der Waals surface area contributed by atoms with E-state index in [1.807, 2.05) is 18.2 Å². The molecule has 2 aliphatic rings. The first-order valence-corrected chi connectivity index (χ1v) is 9.96. The zero-order valence-electron chi connectivity index (χ0n) is 16.6. The third-order valence-electron chi connectivity index (χ3n) is 5.74. The number of hydrogen-bond acceptors (Lipinski definition) is 4. The average Bonchev–Trinajstić information content (AvgIpc) is 3.18. The van der Waals surface area contributed by atoms with Crippen LogP contribution in [0.4, 0.5) is 0 Å². The van der Waals surface area contributed by atoms with Crippen molar-refractivity contribution in [1.82, 2.24) is 15.6 Å². The highest BCUT2D eigenvalue weighted by Gasteiger charge is 2.43. The van der Waals surface area contributed by atoms with E-state index in [-0.39, 0.29) is 11.6 Å². The third-order valence-corrected chi connectivity index (χ3v) is 5.74. The van der Waals surface area contributed by atoms with Gasteiger partial charge >= 0.3 is 0 Å². The molecule has 1 spiro atoms. The Balaban J connectivity index is 1.49. The van der Waals surface area contributed by atoms with Crippen molar-refractivity contribution in [3.8, 4) is 11.6 Å². The van der Waals surface area contributed by atoms with Crippen LogP contribution in [0.3, 0.4) is 0 Å². The highest BCUT2D eigenvalue weighted by Crippen LogP contribution is 2.46. The maximum Gasteiger partial charge on any atom is 0.218 e. The van der Waals surface area contributed by atoms with Crippen molar-refractivity contribution in [2.45, 2.75) is 50.3 Å². The van der Waals surface area contributed by atoms with E-state index in [2.05, 4.69) is 38.8 Å². The lowest BCUT2D eigenvalue weighted by molar-refractivity contribution is 0.0396. The summed E-state index contributed by atoms with van der Waals surface area (Å²) < 4.78 is 11.8. The molecule has 6 nitrogen and oxygen atoms in total. The van der Waals surface area contributed by atoms with Crippen molar-refractivity contribution in [3.63, 3.8) is 0 Å². The fourth-order valence-corrected chi connectivity index (χ4v) is 4.35. The Morgan fingerprint density at radius 3 is 2.86 bits per heavy atom. The van der Waals surface area contributed by atoms with Gasteiger partial charge < -0.3 is 20.1 Å². The Morgan fingerprint density at radius 2 is 2.07 bits per heavy atom. The topological polar surface area (TPSA) is 67.8 Å². The molecule has 0 amide bonds. The van der Waals surface area contributed by atoms with Crippen LogP contribution >= 0.6 is 0 Å². The Hall–Kier alpha value is -2.76. The SMILES string of the molecule is CN=C(NCc1cccnc1OC)NC1CC2(CCCC2)Oc2ccccc21. The summed E-state index contributed by atoms with van der Waals surface area (Å²) in [5, 5.41) is 7.01. The maximum atomic E-state index is 6.46. The number of para-hydroxylation sites is 1. The Kier molecular flexibility index (Phi) is 5.37. The summed E-state index contributed by atoms with van der Waals surface area (Å²) in [4.78, 5) is 8.69. The number of fused-ring (bicyclic) bond motifs is 1. The molecular weight excluding hydrogens is 352 g/mol. The van der Waals surface area contributed by atoms with Gasteiger partial charge in [0.1, 0.15) is 11.4 Å². The molecule has 1 atom stereocenters. The standard InChI is InChI=1S/C22H28N4O2/c1-23-21(25-15-16-8-7-13-24-20(16)27-2)26-18-14-22(11-5-6-12-22)28-19-10-4-3-9-17(18)19/h3-4,7-10,13,18H,5-6,11-12,14-15H2,1-2H3,(H2,23,25,26). The van der Waals surface area contributed by atoms with Gasteiger partial charge in [0.2, 0.25) is 5.88 Å². The molecule has 1 aromatic heterocycles. The second kappa shape index (κ2) is 8.09. The quantitative estimate of drug-likeness (QED) is 0.627. The van der Waals surface area contributed by atoms with Crippen LogP contribution in [-0.2, 0) is 6.54 Å². The van der Waals surface area contributed by atoms with Crippen molar-refractivity contribution in [2.75, 3.05) is 14.2 Å². The molecule has 1 aliphatic carbocycles. The number of aliphatic imine (C=N–C) groups is 1. The van der Waals surface area contributed by atoms with E-state index in [0.717, 1.165) is 36.5 Å². The molecule has 0 radical (unpaired) electrons. The van der Waals surface area contributed by atoms with Gasteiger partial charge in [-0.15, -0.1) is 0 Å². The summed E-state index contributed by atoms with van der Waals surface area (Å²) in [7, 11) is 3.44. The number of guanidine groups is 1. The Labute approximate surface area is 166 Å². The van der Waals surface area contributed by atoms with Crippen LogP contribution in [0, 0.1) is 0 Å². The van der Waals surface area contributed by atoms with E-state index >= 15 is 0 Å². The second-order valence-corrected chi connectivity index (χ2v) is 7.53. The third kappa shape index (κ3) is 3.77. The zero-order valence-corrected chi connectivity index (χ0v) is 16.6. The number of ether oxygens (including phenoxy) is 2. The summed E-state index contributed by atoms with van der Waals surface area (Å²) in [6.45, 7) is 0.590. The molecule has 1 fully saturated rings. The van der Waals surface area contributed by atoms with Crippen molar-refractivity contribution < 1.29 is 9.47 Å². The maximum absolute atomic E-state index is 6.46. The molecule has 6 heteroatoms. The first-order valence-electron chi connectivity index (χ1n) is 9.96. The lowest BCUT2D eigenvalue weighted by Crippen LogP contribution is -2.46. The van der Waals surface area contributed by atoms with Crippen LogP contribution in [0.15, 0.2) is 47.6 Å². The molecule has 1 aliphatic heterocycles. The first kappa shape index (κ1) is 18.6. The highest BCUT2D eigenvalue weighted by molar-refractivity contribution is 5.80. The minimum atomic E-state index is -0.0442. The molecular formula is C22H28N4O2. The van der Waals surface area contributed by atoms with E-state index in [4.69, 9.17) is 9.47 Å². The van der Waals surface area contributed by atoms with E-state index < -0.39 is 0 Å². The molecule has 1 unspecified atom stereocenters. The summed E-state index contributed by atoms with van der Waals surface area (Å²) in [5.74, 6) is 2.39. The lowest BCUT2D eigenvalue weighted by Gasteiger charge is -2.40. The van der Waals surface area contributed by atoms with Gasteiger partial charge in [0.05, 0.1) is 13.2 Å². The van der Waals surface area contributed by atoms with Gasteiger partial charge in [-0.05, 0) is 37.8 Å². The number of nitrogens with zero attached hydrogens (tertiary/aromatic N) is 2. The molecule has 148 valence electrons. The van der Waals surface area contributed by atoms with Crippen molar-refractivity contribution in [1.29, 1.82) is 0 Å². The van der Waals surface area contributed by atoms with E-state index in [1.165, 1.54) is 18.4 Å². The molecule has 2 N–H and O–H groups in total. The summed E-state index contributed by atoms with van der Waals surface area (Å²) in [5.41, 5.74) is 2.15. The van der Waals surface area contributed by atoms with Crippen LogP contribution in [0.1, 0.15) is 49.3 Å². The predicted octanol–water partition coefficient (Wildman–Crippen LogP) is 3.59. The predicted molar refractivity (Wildman–Crippen MR) is 110 cm³/mol. The minimum absolute atomic E-state index is 0.0442. The molecule has 2 heterocycles. The molecule has 28 heavy (non-hydrogen) atoms. The fourth-order valence-electron chi connectivity index (χ4n) is 4.35. The van der Waals surface area contributed by atoms with Gasteiger partial charge in [-0.2, -0.15) is 0 Å². The fraction of sp³-hybridized carbons (Fsp3) is 0.455. The minimum Gasteiger partial charge on any atom is -0.487 e. The Bertz CT molecular complexity index is 846. The molecule has 0 bridgehead atoms. The van der Waals surface area contributed by atoms with E-state index in [0.29, 0.717) is 12.4 Å². The lowest BCUT2D eigenvalue weighted by atomic mass is 9.86. The number of benzene rings is 1. The Morgan fingerprint density at radius 1 is 1.25 bits per heavy atom. The second-order valence-electron chi connectivity index (χ2n) is 7.53. The monoisotopic (exact) mass is 380 g/mol. The van der Waals surface area contributed by atoms with Crippen molar-refractivity contribution in [3.05, 3.63) is 53.7 Å². The van der Waals surface area contributed by atoms with Crippen molar-refractivity contribution in [2.24, 2.45) is 4.99 Å². The first-order chi connectivity index (χ1) is 13.7. The van der Waals surface area contributed by atoms with E-state index in [9.17, 15) is 0 Å². The van der Waals surface area contributed by atoms with Crippen LogP contribution < -0.4 is 20.1 Å².